The van der Waals surface area contributed by atoms with Gasteiger partial charge < -0.3 is 9.88 Å². The zero-order chi connectivity index (χ0) is 10.8. The lowest BCUT2D eigenvalue weighted by Gasteiger charge is -2.32. The van der Waals surface area contributed by atoms with Gasteiger partial charge in [-0.25, -0.2) is 0 Å². The molecule has 5 nitrogen and oxygen atoms in total. The number of rotatable bonds is 2. The summed E-state index contributed by atoms with van der Waals surface area (Å²) in [6, 6.07) is 0. The Morgan fingerprint density at radius 1 is 1.31 bits per heavy atom. The number of fused-ring (bicyclic) bond motifs is 1. The predicted molar refractivity (Wildman–Crippen MR) is 60.9 cm³/mol. The lowest BCUT2D eigenvalue weighted by molar-refractivity contribution is 0.168. The van der Waals surface area contributed by atoms with Crippen LogP contribution in [0, 0.1) is 5.92 Å². The first-order valence-corrected chi connectivity index (χ1v) is 6.21. The second-order valence-electron chi connectivity index (χ2n) is 4.87. The SMILES string of the molecule is c1nnc2n1CCN(CC1CCNCC1)C2. The van der Waals surface area contributed by atoms with Crippen molar-refractivity contribution in [1.82, 2.24) is 25.0 Å². The van der Waals surface area contributed by atoms with Gasteiger partial charge in [-0.3, -0.25) is 4.90 Å². The van der Waals surface area contributed by atoms with Crippen molar-refractivity contribution < 1.29 is 0 Å². The second-order valence-corrected chi connectivity index (χ2v) is 4.87. The summed E-state index contributed by atoms with van der Waals surface area (Å²) in [7, 11) is 0. The van der Waals surface area contributed by atoms with Crippen LogP contribution in [0.15, 0.2) is 6.33 Å². The maximum Gasteiger partial charge on any atom is 0.147 e. The van der Waals surface area contributed by atoms with E-state index in [0.29, 0.717) is 0 Å². The fourth-order valence-corrected chi connectivity index (χ4v) is 2.70. The predicted octanol–water partition coefficient (Wildman–Crippen LogP) is 0.0933. The molecule has 0 aliphatic carbocycles. The summed E-state index contributed by atoms with van der Waals surface area (Å²) in [5, 5.41) is 11.5. The molecule has 0 aromatic carbocycles. The zero-order valence-corrected chi connectivity index (χ0v) is 9.60. The number of nitrogens with one attached hydrogen (secondary N) is 1. The van der Waals surface area contributed by atoms with Crippen molar-refractivity contribution in [1.29, 1.82) is 0 Å². The van der Waals surface area contributed by atoms with Crippen LogP contribution in [0.2, 0.25) is 0 Å². The normalized spacial score (nSPS) is 23.2. The lowest BCUT2D eigenvalue weighted by Crippen LogP contribution is -2.40. The summed E-state index contributed by atoms with van der Waals surface area (Å²) in [4.78, 5) is 2.53. The highest BCUT2D eigenvalue weighted by Gasteiger charge is 2.21. The van der Waals surface area contributed by atoms with E-state index in [-0.39, 0.29) is 0 Å². The Bertz CT molecular complexity index is 342. The van der Waals surface area contributed by atoms with Crippen LogP contribution in [0.25, 0.3) is 0 Å². The van der Waals surface area contributed by atoms with E-state index < -0.39 is 0 Å². The molecule has 0 bridgehead atoms. The highest BCUT2D eigenvalue weighted by atomic mass is 15.3. The molecule has 1 N–H and O–H groups in total. The summed E-state index contributed by atoms with van der Waals surface area (Å²) in [6.45, 7) is 6.78. The van der Waals surface area contributed by atoms with Crippen LogP contribution >= 0.6 is 0 Å². The number of hydrogen-bond acceptors (Lipinski definition) is 4. The van der Waals surface area contributed by atoms with E-state index in [1.165, 1.54) is 32.5 Å². The number of hydrogen-bond donors (Lipinski definition) is 1. The highest BCUT2D eigenvalue weighted by molar-refractivity contribution is 4.90. The van der Waals surface area contributed by atoms with Crippen molar-refractivity contribution in [2.75, 3.05) is 26.2 Å². The van der Waals surface area contributed by atoms with Gasteiger partial charge in [-0.1, -0.05) is 0 Å². The van der Waals surface area contributed by atoms with E-state index >= 15 is 0 Å². The molecular weight excluding hydrogens is 202 g/mol. The molecule has 0 atom stereocenters. The summed E-state index contributed by atoms with van der Waals surface area (Å²) in [5.41, 5.74) is 0. The monoisotopic (exact) mass is 221 g/mol. The summed E-state index contributed by atoms with van der Waals surface area (Å²) >= 11 is 0. The van der Waals surface area contributed by atoms with Gasteiger partial charge in [-0.2, -0.15) is 0 Å². The molecule has 0 radical (unpaired) electrons. The van der Waals surface area contributed by atoms with Gasteiger partial charge in [0.2, 0.25) is 0 Å². The molecule has 0 spiro atoms. The Balaban J connectivity index is 1.57. The molecule has 0 saturated carbocycles. The van der Waals surface area contributed by atoms with Crippen molar-refractivity contribution in [3.63, 3.8) is 0 Å². The minimum atomic E-state index is 0.871. The quantitative estimate of drug-likeness (QED) is 0.769. The molecule has 5 heteroatoms. The van der Waals surface area contributed by atoms with Gasteiger partial charge in [-0.05, 0) is 31.8 Å². The maximum atomic E-state index is 4.16. The van der Waals surface area contributed by atoms with Crippen molar-refractivity contribution in [2.45, 2.75) is 25.9 Å². The van der Waals surface area contributed by atoms with E-state index in [9.17, 15) is 0 Å². The minimum absolute atomic E-state index is 0.871. The van der Waals surface area contributed by atoms with Crippen LogP contribution in [0.4, 0.5) is 0 Å². The fourth-order valence-electron chi connectivity index (χ4n) is 2.70. The first kappa shape index (κ1) is 10.2. The average molecular weight is 221 g/mol. The third kappa shape index (κ3) is 2.10. The van der Waals surface area contributed by atoms with Crippen molar-refractivity contribution >= 4 is 0 Å². The van der Waals surface area contributed by atoms with E-state index in [4.69, 9.17) is 0 Å². The minimum Gasteiger partial charge on any atom is -0.317 e. The number of aromatic nitrogens is 3. The third-order valence-electron chi connectivity index (χ3n) is 3.69. The number of piperidine rings is 1. The highest BCUT2D eigenvalue weighted by Crippen LogP contribution is 2.16. The molecule has 1 saturated heterocycles. The molecule has 1 fully saturated rings. The van der Waals surface area contributed by atoms with Gasteiger partial charge in [0.25, 0.3) is 0 Å². The van der Waals surface area contributed by atoms with Gasteiger partial charge in [0, 0.05) is 19.6 Å². The number of nitrogens with zero attached hydrogens (tertiary/aromatic N) is 4. The molecule has 88 valence electrons. The first-order chi connectivity index (χ1) is 7.92. The molecular formula is C11H19N5. The van der Waals surface area contributed by atoms with Crippen molar-refractivity contribution in [3.8, 4) is 0 Å². The summed E-state index contributed by atoms with van der Waals surface area (Å²) in [5.74, 6) is 2.00. The average Bonchev–Trinajstić information content (AvgIpc) is 2.77. The molecule has 0 amide bonds. The van der Waals surface area contributed by atoms with Gasteiger partial charge in [0.05, 0.1) is 6.54 Å². The van der Waals surface area contributed by atoms with Crippen molar-refractivity contribution in [2.24, 2.45) is 5.92 Å². The van der Waals surface area contributed by atoms with Gasteiger partial charge in [-0.15, -0.1) is 10.2 Å². The lowest BCUT2D eigenvalue weighted by atomic mass is 9.97. The molecule has 0 unspecified atom stereocenters. The molecule has 2 aliphatic heterocycles. The van der Waals surface area contributed by atoms with E-state index in [2.05, 4.69) is 25.0 Å². The van der Waals surface area contributed by atoms with Crippen molar-refractivity contribution in [3.05, 3.63) is 12.2 Å². The van der Waals surface area contributed by atoms with E-state index in [0.717, 1.165) is 31.4 Å². The van der Waals surface area contributed by atoms with Gasteiger partial charge in [0.15, 0.2) is 0 Å². The third-order valence-corrected chi connectivity index (χ3v) is 3.69. The molecule has 16 heavy (non-hydrogen) atoms. The Morgan fingerprint density at radius 2 is 2.19 bits per heavy atom. The summed E-state index contributed by atoms with van der Waals surface area (Å²) in [6.07, 6.45) is 4.49. The van der Waals surface area contributed by atoms with Crippen LogP contribution in [0.3, 0.4) is 0 Å². The molecule has 3 rings (SSSR count). The largest absolute Gasteiger partial charge is 0.317 e. The molecule has 1 aromatic heterocycles. The zero-order valence-electron chi connectivity index (χ0n) is 9.60. The van der Waals surface area contributed by atoms with Gasteiger partial charge in [0.1, 0.15) is 12.2 Å². The Labute approximate surface area is 95.8 Å². The van der Waals surface area contributed by atoms with Crippen LogP contribution in [0.5, 0.6) is 0 Å². The fraction of sp³-hybridized carbons (Fsp3) is 0.818. The maximum absolute atomic E-state index is 4.16. The van der Waals surface area contributed by atoms with E-state index in [1.54, 1.807) is 0 Å². The van der Waals surface area contributed by atoms with Crippen LogP contribution in [-0.4, -0.2) is 45.8 Å². The van der Waals surface area contributed by atoms with Crippen LogP contribution in [-0.2, 0) is 13.1 Å². The summed E-state index contributed by atoms with van der Waals surface area (Å²) < 4.78 is 2.17. The molecule has 3 heterocycles. The molecule has 2 aliphatic rings. The first-order valence-electron chi connectivity index (χ1n) is 6.21. The Morgan fingerprint density at radius 3 is 3.06 bits per heavy atom. The van der Waals surface area contributed by atoms with Gasteiger partial charge >= 0.3 is 0 Å². The smallest absolute Gasteiger partial charge is 0.147 e. The Hall–Kier alpha value is -0.940. The second kappa shape index (κ2) is 4.51. The Kier molecular flexibility index (Phi) is 2.88. The van der Waals surface area contributed by atoms with Crippen LogP contribution < -0.4 is 5.32 Å². The van der Waals surface area contributed by atoms with E-state index in [1.807, 2.05) is 6.33 Å². The van der Waals surface area contributed by atoms with Crippen LogP contribution in [0.1, 0.15) is 18.7 Å². The topological polar surface area (TPSA) is 46.0 Å². The molecule has 1 aromatic rings. The standard InChI is InChI=1S/C11H19N5/c1-3-12-4-2-10(1)7-15-5-6-16-9-13-14-11(16)8-15/h9-10,12H,1-8H2.